The van der Waals surface area contributed by atoms with E-state index in [1.165, 1.54) is 43.8 Å². The van der Waals surface area contributed by atoms with Gasteiger partial charge in [-0.1, -0.05) is 111 Å². The molecule has 0 saturated carbocycles. The van der Waals surface area contributed by atoms with Gasteiger partial charge in [0.1, 0.15) is 5.69 Å². The second kappa shape index (κ2) is 8.37. The zero-order chi connectivity index (χ0) is 28.0. The van der Waals surface area contributed by atoms with Crippen molar-refractivity contribution in [3.63, 3.8) is 0 Å². The van der Waals surface area contributed by atoms with E-state index in [0.29, 0.717) is 0 Å². The molecule has 8 aromatic rings. The summed E-state index contributed by atoms with van der Waals surface area (Å²) in [7, 11) is 0. The summed E-state index contributed by atoms with van der Waals surface area (Å²) in [4.78, 5) is 10.5. The zero-order valence-corrected chi connectivity index (χ0v) is 23.5. The summed E-state index contributed by atoms with van der Waals surface area (Å²) in [6, 6.07) is 45.5. The van der Waals surface area contributed by atoms with Gasteiger partial charge in [-0.05, 0) is 63.4 Å². The van der Waals surface area contributed by atoms with Crippen molar-refractivity contribution in [3.8, 4) is 28.2 Å². The molecule has 0 saturated heterocycles. The maximum atomic E-state index is 5.31. The van der Waals surface area contributed by atoms with Gasteiger partial charge in [0.15, 0.2) is 5.82 Å². The van der Waals surface area contributed by atoms with Crippen molar-refractivity contribution in [3.05, 3.63) is 139 Å². The minimum absolute atomic E-state index is 0.137. The largest absolute Gasteiger partial charge is 0.292 e. The molecule has 2 aromatic heterocycles. The summed E-state index contributed by atoms with van der Waals surface area (Å²) in [5, 5.41) is 5.05. The van der Waals surface area contributed by atoms with Crippen molar-refractivity contribution in [1.29, 1.82) is 0 Å². The fourth-order valence-electron chi connectivity index (χ4n) is 7.13. The lowest BCUT2D eigenvalue weighted by Crippen LogP contribution is -2.15. The van der Waals surface area contributed by atoms with Crippen molar-refractivity contribution in [2.75, 3.05) is 0 Å². The molecule has 198 valence electrons. The predicted molar refractivity (Wildman–Crippen MR) is 174 cm³/mol. The molecule has 0 spiro atoms. The highest BCUT2D eigenvalue weighted by atomic mass is 15.1. The van der Waals surface area contributed by atoms with Gasteiger partial charge in [-0.3, -0.25) is 4.57 Å². The van der Waals surface area contributed by atoms with Crippen molar-refractivity contribution >= 4 is 43.6 Å². The van der Waals surface area contributed by atoms with E-state index in [1.54, 1.807) is 0 Å². The van der Waals surface area contributed by atoms with Crippen LogP contribution in [0, 0.1) is 0 Å². The van der Waals surface area contributed by atoms with E-state index < -0.39 is 0 Å². The van der Waals surface area contributed by atoms with Crippen LogP contribution in [-0.2, 0) is 5.41 Å². The first-order valence-electron chi connectivity index (χ1n) is 14.5. The van der Waals surface area contributed by atoms with Gasteiger partial charge >= 0.3 is 0 Å². The first kappa shape index (κ1) is 23.4. The molecule has 0 unspecified atom stereocenters. The minimum Gasteiger partial charge on any atom is -0.292 e. The van der Waals surface area contributed by atoms with E-state index in [9.17, 15) is 0 Å². The third kappa shape index (κ3) is 3.11. The minimum atomic E-state index is -0.137. The second-order valence-electron chi connectivity index (χ2n) is 11.9. The molecule has 1 aliphatic rings. The van der Waals surface area contributed by atoms with Crippen LogP contribution < -0.4 is 0 Å². The fraction of sp³-hybridized carbons (Fsp3) is 0.0769. The number of hydrogen-bond acceptors (Lipinski definition) is 2. The number of para-hydroxylation sites is 3. The fourth-order valence-corrected chi connectivity index (χ4v) is 7.13. The summed E-state index contributed by atoms with van der Waals surface area (Å²) in [5.41, 5.74) is 11.3. The Balaban J connectivity index is 1.43. The molecule has 6 aromatic carbocycles. The Morgan fingerprint density at radius 2 is 1.24 bits per heavy atom. The van der Waals surface area contributed by atoms with Gasteiger partial charge in [0.2, 0.25) is 0 Å². The number of nitrogens with zero attached hydrogens (tertiary/aromatic N) is 3. The highest BCUT2D eigenvalue weighted by molar-refractivity contribution is 6.13. The zero-order valence-electron chi connectivity index (χ0n) is 23.5. The van der Waals surface area contributed by atoms with Gasteiger partial charge in [-0.25, -0.2) is 9.97 Å². The standard InChI is InChI=1S/C39H27N3/c1-39(2)30-21-20-24-12-6-7-15-26(24)36(30)29-22-28-27-16-8-11-19-34(27)42(35(28)23-31(29)39)38-37(25-13-4-3-5-14-25)40-32-17-9-10-18-33(32)41-38/h3-23H,1-2H3. The summed E-state index contributed by atoms with van der Waals surface area (Å²) in [5.74, 6) is 0.852. The van der Waals surface area contributed by atoms with Crippen molar-refractivity contribution < 1.29 is 0 Å². The molecular formula is C39H27N3. The smallest absolute Gasteiger partial charge is 0.165 e. The summed E-state index contributed by atoms with van der Waals surface area (Å²) >= 11 is 0. The Hall–Kier alpha value is -5.28. The first-order chi connectivity index (χ1) is 20.6. The third-order valence-electron chi connectivity index (χ3n) is 9.17. The van der Waals surface area contributed by atoms with Crippen molar-refractivity contribution in [1.82, 2.24) is 14.5 Å². The molecule has 0 bridgehead atoms. The maximum absolute atomic E-state index is 5.31. The van der Waals surface area contributed by atoms with Crippen LogP contribution in [0.3, 0.4) is 0 Å². The van der Waals surface area contributed by atoms with E-state index in [4.69, 9.17) is 9.97 Å². The Morgan fingerprint density at radius 1 is 0.548 bits per heavy atom. The van der Waals surface area contributed by atoms with Gasteiger partial charge in [-0.2, -0.15) is 0 Å². The molecule has 0 amide bonds. The summed E-state index contributed by atoms with van der Waals surface area (Å²) < 4.78 is 2.34. The number of benzene rings is 6. The predicted octanol–water partition coefficient (Wildman–Crippen LogP) is 9.85. The summed E-state index contributed by atoms with van der Waals surface area (Å²) in [6.45, 7) is 4.72. The highest BCUT2D eigenvalue weighted by Gasteiger charge is 2.37. The highest BCUT2D eigenvalue weighted by Crippen LogP contribution is 2.53. The number of hydrogen-bond donors (Lipinski definition) is 0. The molecule has 1 aliphatic carbocycles. The molecule has 3 nitrogen and oxygen atoms in total. The van der Waals surface area contributed by atoms with Crippen LogP contribution >= 0.6 is 0 Å². The molecule has 2 heterocycles. The average Bonchev–Trinajstić information content (AvgIpc) is 3.48. The van der Waals surface area contributed by atoms with E-state index in [-0.39, 0.29) is 5.41 Å². The van der Waals surface area contributed by atoms with Gasteiger partial charge in [0.25, 0.3) is 0 Å². The average molecular weight is 538 g/mol. The lowest BCUT2D eigenvalue weighted by molar-refractivity contribution is 0.661. The SMILES string of the molecule is CC1(C)c2cc3c(cc2-c2c1ccc1ccccc21)c1ccccc1n3-c1nc2ccccc2nc1-c1ccccc1. The van der Waals surface area contributed by atoms with Crippen LogP contribution in [-0.4, -0.2) is 14.5 Å². The number of fused-ring (bicyclic) bond motifs is 9. The van der Waals surface area contributed by atoms with Crippen molar-refractivity contribution in [2.45, 2.75) is 19.3 Å². The second-order valence-corrected chi connectivity index (χ2v) is 11.9. The summed E-state index contributed by atoms with van der Waals surface area (Å²) in [6.07, 6.45) is 0. The van der Waals surface area contributed by atoms with Crippen LogP contribution in [0.2, 0.25) is 0 Å². The van der Waals surface area contributed by atoms with E-state index in [2.05, 4.69) is 122 Å². The van der Waals surface area contributed by atoms with Crippen LogP contribution in [0.25, 0.3) is 71.8 Å². The molecule has 0 fully saturated rings. The molecule has 0 atom stereocenters. The Morgan fingerprint density at radius 3 is 2.07 bits per heavy atom. The number of rotatable bonds is 2. The van der Waals surface area contributed by atoms with Crippen LogP contribution in [0.15, 0.2) is 127 Å². The third-order valence-corrected chi connectivity index (χ3v) is 9.17. The Bertz CT molecular complexity index is 2380. The molecule has 0 N–H and O–H groups in total. The molecule has 9 rings (SSSR count). The van der Waals surface area contributed by atoms with Crippen LogP contribution in [0.5, 0.6) is 0 Å². The molecule has 42 heavy (non-hydrogen) atoms. The van der Waals surface area contributed by atoms with Gasteiger partial charge in [-0.15, -0.1) is 0 Å². The normalized spacial score (nSPS) is 13.7. The van der Waals surface area contributed by atoms with E-state index in [1.807, 2.05) is 24.3 Å². The molecule has 0 aliphatic heterocycles. The first-order valence-corrected chi connectivity index (χ1v) is 14.5. The van der Waals surface area contributed by atoms with E-state index >= 15 is 0 Å². The van der Waals surface area contributed by atoms with E-state index in [0.717, 1.165) is 39.1 Å². The van der Waals surface area contributed by atoms with Crippen LogP contribution in [0.1, 0.15) is 25.0 Å². The topological polar surface area (TPSA) is 30.7 Å². The van der Waals surface area contributed by atoms with Gasteiger partial charge in [0.05, 0.1) is 22.1 Å². The molecule has 3 heteroatoms. The van der Waals surface area contributed by atoms with Gasteiger partial charge < -0.3 is 0 Å². The Kier molecular flexibility index (Phi) is 4.67. The van der Waals surface area contributed by atoms with Gasteiger partial charge in [0, 0.05) is 21.8 Å². The molecule has 0 radical (unpaired) electrons. The lowest BCUT2D eigenvalue weighted by atomic mass is 9.82. The lowest BCUT2D eigenvalue weighted by Gasteiger charge is -2.22. The quantitative estimate of drug-likeness (QED) is 0.220. The Labute approximate surface area is 243 Å². The van der Waals surface area contributed by atoms with Crippen LogP contribution in [0.4, 0.5) is 0 Å². The van der Waals surface area contributed by atoms with Crippen molar-refractivity contribution in [2.24, 2.45) is 0 Å². The number of aromatic nitrogens is 3. The maximum Gasteiger partial charge on any atom is 0.165 e. The molecular weight excluding hydrogens is 510 g/mol. The monoisotopic (exact) mass is 537 g/mol.